The molecule has 0 saturated heterocycles. The highest BCUT2D eigenvalue weighted by Crippen LogP contribution is 2.72. The van der Waals surface area contributed by atoms with Crippen LogP contribution in [0.25, 0.3) is 11.0 Å². The Bertz CT molecular complexity index is 794. The van der Waals surface area contributed by atoms with E-state index < -0.39 is 11.5 Å². The van der Waals surface area contributed by atoms with Crippen LogP contribution in [0.1, 0.15) is 45.9 Å². The highest BCUT2D eigenvalue weighted by Gasteiger charge is 2.72. The summed E-state index contributed by atoms with van der Waals surface area (Å²) in [6.07, 6.45) is 2.64. The lowest BCUT2D eigenvalue weighted by Gasteiger charge is -2.40. The topological polar surface area (TPSA) is 78.0 Å². The van der Waals surface area contributed by atoms with Crippen LogP contribution in [-0.2, 0) is 11.2 Å². The van der Waals surface area contributed by atoms with E-state index in [-0.39, 0.29) is 16.7 Å². The Morgan fingerprint density at radius 3 is 2.72 bits per heavy atom. The summed E-state index contributed by atoms with van der Waals surface area (Å²) in [6.45, 7) is 6.99. The maximum atomic E-state index is 13.0. The Labute approximate surface area is 148 Å². The fourth-order valence-electron chi connectivity index (χ4n) is 5.22. The second kappa shape index (κ2) is 5.31. The quantitative estimate of drug-likeness (QED) is 0.800. The van der Waals surface area contributed by atoms with Crippen molar-refractivity contribution in [1.82, 2.24) is 15.3 Å². The molecule has 0 aliphatic heterocycles. The molecule has 5 nitrogen and oxygen atoms in total. The summed E-state index contributed by atoms with van der Waals surface area (Å²) in [7, 11) is 0. The van der Waals surface area contributed by atoms with Gasteiger partial charge < -0.3 is 15.4 Å². The SMILES string of the molecule is CC1(C)[C@@]2(C(=O)NCCc3nc4ccccc4[nH]3)CC[C@]1(C)[C@@H](O)C2. The number of H-pyrrole nitrogens is 1. The number of nitrogens with zero attached hydrogens (tertiary/aromatic N) is 1. The molecule has 5 heteroatoms. The lowest BCUT2D eigenvalue weighted by molar-refractivity contribution is -0.136. The zero-order valence-electron chi connectivity index (χ0n) is 15.2. The predicted molar refractivity (Wildman–Crippen MR) is 97.0 cm³/mol. The minimum atomic E-state index is -0.449. The molecule has 2 bridgehead atoms. The van der Waals surface area contributed by atoms with E-state index in [1.54, 1.807) is 0 Å². The monoisotopic (exact) mass is 341 g/mol. The molecule has 4 rings (SSSR count). The van der Waals surface area contributed by atoms with Crippen molar-refractivity contribution >= 4 is 16.9 Å². The molecule has 2 aliphatic rings. The Balaban J connectivity index is 1.44. The number of imidazole rings is 1. The molecule has 134 valence electrons. The fraction of sp³-hybridized carbons (Fsp3) is 0.600. The predicted octanol–water partition coefficient (Wildman–Crippen LogP) is 2.80. The molecular formula is C20H27N3O2. The second-order valence-electron chi connectivity index (χ2n) is 8.55. The third kappa shape index (κ3) is 2.11. The van der Waals surface area contributed by atoms with Crippen LogP contribution < -0.4 is 5.32 Å². The van der Waals surface area contributed by atoms with E-state index in [9.17, 15) is 9.90 Å². The van der Waals surface area contributed by atoms with Gasteiger partial charge in [0.1, 0.15) is 5.82 Å². The first-order valence-corrected chi connectivity index (χ1v) is 9.20. The number of aromatic nitrogens is 2. The van der Waals surface area contributed by atoms with E-state index in [0.717, 1.165) is 29.7 Å². The lowest BCUT2D eigenvalue weighted by atomic mass is 9.64. The minimum Gasteiger partial charge on any atom is -0.393 e. The van der Waals surface area contributed by atoms with Crippen LogP contribution in [0.15, 0.2) is 24.3 Å². The summed E-state index contributed by atoms with van der Waals surface area (Å²) in [5.74, 6) is 0.981. The maximum Gasteiger partial charge on any atom is 0.226 e. The van der Waals surface area contributed by atoms with E-state index in [4.69, 9.17) is 0 Å². The molecule has 25 heavy (non-hydrogen) atoms. The number of hydrogen-bond donors (Lipinski definition) is 3. The maximum absolute atomic E-state index is 13.0. The lowest BCUT2D eigenvalue weighted by Crippen LogP contribution is -2.47. The highest BCUT2D eigenvalue weighted by molar-refractivity contribution is 5.85. The van der Waals surface area contributed by atoms with Crippen LogP contribution >= 0.6 is 0 Å². The van der Waals surface area contributed by atoms with Gasteiger partial charge in [0.05, 0.1) is 22.6 Å². The number of aliphatic hydroxyl groups excluding tert-OH is 1. The fourth-order valence-corrected chi connectivity index (χ4v) is 5.22. The van der Waals surface area contributed by atoms with Gasteiger partial charge in [0.25, 0.3) is 0 Å². The molecule has 2 aliphatic carbocycles. The number of fused-ring (bicyclic) bond motifs is 3. The first kappa shape index (κ1) is 16.6. The van der Waals surface area contributed by atoms with Crippen molar-refractivity contribution in [1.29, 1.82) is 0 Å². The normalized spacial score (nSPS) is 33.0. The molecule has 3 atom stereocenters. The summed E-state index contributed by atoms with van der Waals surface area (Å²) in [4.78, 5) is 20.9. The number of carbonyl (C=O) groups excluding carboxylic acids is 1. The number of para-hydroxylation sites is 2. The van der Waals surface area contributed by atoms with Crippen molar-refractivity contribution in [3.05, 3.63) is 30.1 Å². The van der Waals surface area contributed by atoms with Gasteiger partial charge in [-0.1, -0.05) is 32.9 Å². The van der Waals surface area contributed by atoms with Crippen molar-refractivity contribution < 1.29 is 9.90 Å². The van der Waals surface area contributed by atoms with Crippen LogP contribution in [0.5, 0.6) is 0 Å². The number of nitrogens with one attached hydrogen (secondary N) is 2. The highest BCUT2D eigenvalue weighted by atomic mass is 16.3. The molecular weight excluding hydrogens is 314 g/mol. The van der Waals surface area contributed by atoms with Crippen LogP contribution in [0.3, 0.4) is 0 Å². The molecule has 2 aromatic rings. The van der Waals surface area contributed by atoms with Crippen molar-refractivity contribution in [3.8, 4) is 0 Å². The number of hydrogen-bond acceptors (Lipinski definition) is 3. The summed E-state index contributed by atoms with van der Waals surface area (Å²) in [6, 6.07) is 7.94. The summed E-state index contributed by atoms with van der Waals surface area (Å²) in [5.41, 5.74) is 1.17. The standard InChI is InChI=1S/C20H27N3O2/c1-18(2)19(3)9-10-20(18,12-15(19)24)17(25)21-11-8-16-22-13-6-4-5-7-14(13)23-16/h4-7,15,24H,8-12H2,1-3H3,(H,21,25)(H,22,23)/t15-,19+,20-/m0/s1. The van der Waals surface area contributed by atoms with Gasteiger partial charge in [-0.15, -0.1) is 0 Å². The largest absolute Gasteiger partial charge is 0.393 e. The molecule has 0 spiro atoms. The number of rotatable bonds is 4. The van der Waals surface area contributed by atoms with Crippen molar-refractivity contribution in [2.24, 2.45) is 16.2 Å². The Morgan fingerprint density at radius 1 is 1.32 bits per heavy atom. The first-order chi connectivity index (χ1) is 11.8. The van der Waals surface area contributed by atoms with Crippen molar-refractivity contribution in [2.75, 3.05) is 6.54 Å². The molecule has 1 heterocycles. The first-order valence-electron chi connectivity index (χ1n) is 9.20. The van der Waals surface area contributed by atoms with Gasteiger partial charge in [-0.05, 0) is 42.2 Å². The Hall–Kier alpha value is -1.88. The van der Waals surface area contributed by atoms with Crippen LogP contribution in [0, 0.1) is 16.2 Å². The molecule has 0 radical (unpaired) electrons. The van der Waals surface area contributed by atoms with Gasteiger partial charge in [-0.2, -0.15) is 0 Å². The van der Waals surface area contributed by atoms with E-state index in [1.165, 1.54) is 0 Å². The van der Waals surface area contributed by atoms with Crippen LogP contribution in [0.2, 0.25) is 0 Å². The van der Waals surface area contributed by atoms with Crippen LogP contribution in [0.4, 0.5) is 0 Å². The summed E-state index contributed by atoms with van der Waals surface area (Å²) >= 11 is 0. The van der Waals surface area contributed by atoms with Gasteiger partial charge >= 0.3 is 0 Å². The smallest absolute Gasteiger partial charge is 0.226 e. The van der Waals surface area contributed by atoms with Gasteiger partial charge in [0.2, 0.25) is 5.91 Å². The third-order valence-corrected chi connectivity index (χ3v) is 7.49. The molecule has 0 unspecified atom stereocenters. The Morgan fingerprint density at radius 2 is 2.08 bits per heavy atom. The number of aromatic amines is 1. The van der Waals surface area contributed by atoms with Gasteiger partial charge in [-0.25, -0.2) is 4.98 Å². The minimum absolute atomic E-state index is 0.0916. The summed E-state index contributed by atoms with van der Waals surface area (Å²) < 4.78 is 0. The van der Waals surface area contributed by atoms with E-state index in [0.29, 0.717) is 19.4 Å². The zero-order chi connectivity index (χ0) is 17.9. The molecule has 1 aromatic heterocycles. The molecule has 2 saturated carbocycles. The Kier molecular flexibility index (Phi) is 3.52. The van der Waals surface area contributed by atoms with Gasteiger partial charge in [0, 0.05) is 13.0 Å². The molecule has 2 fully saturated rings. The van der Waals surface area contributed by atoms with Crippen LogP contribution in [-0.4, -0.2) is 33.6 Å². The van der Waals surface area contributed by atoms with Gasteiger partial charge in [0.15, 0.2) is 0 Å². The zero-order valence-corrected chi connectivity index (χ0v) is 15.2. The average Bonchev–Trinajstić information content (AvgIpc) is 3.12. The van der Waals surface area contributed by atoms with Crippen molar-refractivity contribution in [3.63, 3.8) is 0 Å². The van der Waals surface area contributed by atoms with E-state index in [2.05, 4.69) is 36.1 Å². The molecule has 1 aromatic carbocycles. The second-order valence-corrected chi connectivity index (χ2v) is 8.55. The van der Waals surface area contributed by atoms with Crippen molar-refractivity contribution in [2.45, 2.75) is 52.6 Å². The third-order valence-electron chi connectivity index (χ3n) is 7.49. The molecule has 1 amide bonds. The summed E-state index contributed by atoms with van der Waals surface area (Å²) in [5, 5.41) is 13.6. The number of benzene rings is 1. The average molecular weight is 341 g/mol. The molecule has 3 N–H and O–H groups in total. The number of amides is 1. The van der Waals surface area contributed by atoms with E-state index >= 15 is 0 Å². The van der Waals surface area contributed by atoms with E-state index in [1.807, 2.05) is 24.3 Å². The van der Waals surface area contributed by atoms with Gasteiger partial charge in [-0.3, -0.25) is 4.79 Å². The number of carbonyl (C=O) groups is 1. The number of aliphatic hydroxyl groups is 1.